The van der Waals surface area contributed by atoms with E-state index < -0.39 is 5.91 Å². The van der Waals surface area contributed by atoms with E-state index in [9.17, 15) is 9.59 Å². The molecule has 20 heavy (non-hydrogen) atoms. The van der Waals surface area contributed by atoms with Crippen LogP contribution in [0, 0.1) is 0 Å². The third-order valence-electron chi connectivity index (χ3n) is 2.74. The quantitative estimate of drug-likeness (QED) is 0.658. The number of anilines is 1. The van der Waals surface area contributed by atoms with E-state index in [2.05, 4.69) is 17.6 Å². The van der Waals surface area contributed by atoms with E-state index >= 15 is 0 Å². The summed E-state index contributed by atoms with van der Waals surface area (Å²) in [5.41, 5.74) is 5.65. The molecule has 0 fully saturated rings. The van der Waals surface area contributed by atoms with Crippen LogP contribution in [0.5, 0.6) is 5.75 Å². The molecule has 1 aromatic rings. The number of amides is 2. The standard InChI is InChI=1S/C14H21N3O3/c1-3-10(2)16-8-14(19)17-11-4-6-12(7-5-11)20-9-13(15)18/h4-7,10,16H,3,8-9H2,1-2H3,(H2,15,18)(H,17,19). The summed E-state index contributed by atoms with van der Waals surface area (Å²) in [6.45, 7) is 4.19. The van der Waals surface area contributed by atoms with E-state index in [1.165, 1.54) is 0 Å². The zero-order chi connectivity index (χ0) is 15.0. The Kier molecular flexibility index (Phi) is 6.52. The van der Waals surface area contributed by atoms with Gasteiger partial charge in [-0.05, 0) is 37.6 Å². The molecule has 1 atom stereocenters. The van der Waals surface area contributed by atoms with Crippen LogP contribution < -0.4 is 21.1 Å². The summed E-state index contributed by atoms with van der Waals surface area (Å²) >= 11 is 0. The number of hydrogen-bond acceptors (Lipinski definition) is 4. The molecule has 0 saturated heterocycles. The maximum atomic E-state index is 11.7. The Bertz CT molecular complexity index is 445. The van der Waals surface area contributed by atoms with Gasteiger partial charge in [0.2, 0.25) is 5.91 Å². The molecule has 110 valence electrons. The van der Waals surface area contributed by atoms with Crippen molar-refractivity contribution < 1.29 is 14.3 Å². The molecule has 1 unspecified atom stereocenters. The minimum absolute atomic E-state index is 0.101. The SMILES string of the molecule is CCC(C)NCC(=O)Nc1ccc(OCC(N)=O)cc1. The molecule has 0 aliphatic rings. The second kappa shape index (κ2) is 8.16. The second-order valence-electron chi connectivity index (χ2n) is 4.52. The van der Waals surface area contributed by atoms with Gasteiger partial charge in [0.1, 0.15) is 5.75 Å². The van der Waals surface area contributed by atoms with E-state index in [-0.39, 0.29) is 19.1 Å². The van der Waals surface area contributed by atoms with Crippen LogP contribution in [0.2, 0.25) is 0 Å². The Hall–Kier alpha value is -2.08. The van der Waals surface area contributed by atoms with Crippen molar-refractivity contribution in [2.45, 2.75) is 26.3 Å². The van der Waals surface area contributed by atoms with Gasteiger partial charge in [-0.25, -0.2) is 0 Å². The highest BCUT2D eigenvalue weighted by Gasteiger charge is 2.05. The fourth-order valence-corrected chi connectivity index (χ4v) is 1.41. The number of hydrogen-bond donors (Lipinski definition) is 3. The summed E-state index contributed by atoms with van der Waals surface area (Å²) in [6.07, 6.45) is 0.971. The Balaban J connectivity index is 2.40. The molecule has 1 aromatic carbocycles. The molecule has 0 bridgehead atoms. The van der Waals surface area contributed by atoms with Gasteiger partial charge in [0, 0.05) is 11.7 Å². The average Bonchev–Trinajstić information content (AvgIpc) is 2.44. The van der Waals surface area contributed by atoms with Gasteiger partial charge in [0.25, 0.3) is 5.91 Å². The van der Waals surface area contributed by atoms with Crippen molar-refractivity contribution in [3.63, 3.8) is 0 Å². The summed E-state index contributed by atoms with van der Waals surface area (Å²) in [4.78, 5) is 22.2. The first-order chi connectivity index (χ1) is 9.51. The molecule has 6 heteroatoms. The van der Waals surface area contributed by atoms with Gasteiger partial charge in [-0.1, -0.05) is 6.92 Å². The molecule has 0 aliphatic carbocycles. The lowest BCUT2D eigenvalue weighted by molar-refractivity contribution is -0.120. The summed E-state index contributed by atoms with van der Waals surface area (Å²) in [5, 5.41) is 5.87. The van der Waals surface area contributed by atoms with Gasteiger partial charge in [0.15, 0.2) is 6.61 Å². The van der Waals surface area contributed by atoms with Crippen LogP contribution >= 0.6 is 0 Å². The summed E-state index contributed by atoms with van der Waals surface area (Å²) in [7, 11) is 0. The third kappa shape index (κ3) is 6.19. The molecule has 0 radical (unpaired) electrons. The summed E-state index contributed by atoms with van der Waals surface area (Å²) < 4.78 is 5.12. The zero-order valence-electron chi connectivity index (χ0n) is 11.8. The Labute approximate surface area is 118 Å². The number of nitrogens with one attached hydrogen (secondary N) is 2. The van der Waals surface area contributed by atoms with Crippen molar-refractivity contribution in [2.75, 3.05) is 18.5 Å². The number of benzene rings is 1. The lowest BCUT2D eigenvalue weighted by Gasteiger charge is -2.11. The molecule has 0 saturated carbocycles. The summed E-state index contributed by atoms with van der Waals surface area (Å²) in [6, 6.07) is 7.06. The summed E-state index contributed by atoms with van der Waals surface area (Å²) in [5.74, 6) is -0.103. The normalized spacial score (nSPS) is 11.7. The molecule has 4 N–H and O–H groups in total. The Morgan fingerprint density at radius 2 is 1.95 bits per heavy atom. The van der Waals surface area contributed by atoms with Crippen molar-refractivity contribution in [1.29, 1.82) is 0 Å². The van der Waals surface area contributed by atoms with Crippen molar-refractivity contribution in [2.24, 2.45) is 5.73 Å². The van der Waals surface area contributed by atoms with Crippen LogP contribution in [-0.2, 0) is 9.59 Å². The average molecular weight is 279 g/mol. The molecule has 2 amide bonds. The van der Waals surface area contributed by atoms with Crippen LogP contribution in [0.1, 0.15) is 20.3 Å². The Morgan fingerprint density at radius 1 is 1.30 bits per heavy atom. The van der Waals surface area contributed by atoms with Crippen LogP contribution in [0.15, 0.2) is 24.3 Å². The molecular formula is C14H21N3O3. The van der Waals surface area contributed by atoms with E-state index in [0.717, 1.165) is 6.42 Å². The minimum atomic E-state index is -0.529. The largest absolute Gasteiger partial charge is 0.484 e. The highest BCUT2D eigenvalue weighted by molar-refractivity contribution is 5.92. The van der Waals surface area contributed by atoms with E-state index in [0.29, 0.717) is 17.5 Å². The molecule has 0 heterocycles. The lowest BCUT2D eigenvalue weighted by Crippen LogP contribution is -2.33. The maximum Gasteiger partial charge on any atom is 0.255 e. The predicted octanol–water partition coefficient (Wildman–Crippen LogP) is 0.877. The fourth-order valence-electron chi connectivity index (χ4n) is 1.41. The molecule has 0 spiro atoms. The van der Waals surface area contributed by atoms with Crippen LogP contribution in [0.3, 0.4) is 0 Å². The van der Waals surface area contributed by atoms with Gasteiger partial charge in [-0.2, -0.15) is 0 Å². The van der Waals surface area contributed by atoms with E-state index in [4.69, 9.17) is 10.5 Å². The molecule has 0 aromatic heterocycles. The molecule has 1 rings (SSSR count). The first kappa shape index (κ1) is 16.0. The smallest absolute Gasteiger partial charge is 0.255 e. The van der Waals surface area contributed by atoms with Crippen molar-refractivity contribution >= 4 is 17.5 Å². The van der Waals surface area contributed by atoms with Crippen LogP contribution in [0.4, 0.5) is 5.69 Å². The predicted molar refractivity (Wildman–Crippen MR) is 77.5 cm³/mol. The molecular weight excluding hydrogens is 258 g/mol. The number of carbonyl (C=O) groups excluding carboxylic acids is 2. The Morgan fingerprint density at radius 3 is 2.50 bits per heavy atom. The maximum absolute atomic E-state index is 11.7. The van der Waals surface area contributed by atoms with Gasteiger partial charge in [0.05, 0.1) is 6.54 Å². The van der Waals surface area contributed by atoms with E-state index in [1.807, 2.05) is 6.92 Å². The van der Waals surface area contributed by atoms with Crippen molar-refractivity contribution in [3.8, 4) is 5.75 Å². The lowest BCUT2D eigenvalue weighted by atomic mass is 10.2. The number of nitrogens with two attached hydrogens (primary N) is 1. The van der Waals surface area contributed by atoms with Crippen LogP contribution in [0.25, 0.3) is 0 Å². The highest BCUT2D eigenvalue weighted by atomic mass is 16.5. The zero-order valence-corrected chi connectivity index (χ0v) is 11.8. The number of primary amides is 1. The first-order valence-electron chi connectivity index (χ1n) is 6.55. The van der Waals surface area contributed by atoms with Gasteiger partial charge in [-0.3, -0.25) is 9.59 Å². The minimum Gasteiger partial charge on any atom is -0.484 e. The highest BCUT2D eigenvalue weighted by Crippen LogP contribution is 2.15. The number of ether oxygens (including phenoxy) is 1. The molecule has 6 nitrogen and oxygen atoms in total. The van der Waals surface area contributed by atoms with Gasteiger partial charge < -0.3 is 21.1 Å². The van der Waals surface area contributed by atoms with Crippen LogP contribution in [-0.4, -0.2) is 31.0 Å². The monoisotopic (exact) mass is 279 g/mol. The van der Waals surface area contributed by atoms with Crippen molar-refractivity contribution in [1.82, 2.24) is 5.32 Å². The number of rotatable bonds is 8. The fraction of sp³-hybridized carbons (Fsp3) is 0.429. The topological polar surface area (TPSA) is 93.4 Å². The van der Waals surface area contributed by atoms with E-state index in [1.54, 1.807) is 24.3 Å². The van der Waals surface area contributed by atoms with Crippen molar-refractivity contribution in [3.05, 3.63) is 24.3 Å². The first-order valence-corrected chi connectivity index (χ1v) is 6.55. The third-order valence-corrected chi connectivity index (χ3v) is 2.74. The van der Waals surface area contributed by atoms with Gasteiger partial charge >= 0.3 is 0 Å². The molecule has 0 aliphatic heterocycles. The number of carbonyl (C=O) groups is 2. The van der Waals surface area contributed by atoms with Gasteiger partial charge in [-0.15, -0.1) is 0 Å². The second-order valence-corrected chi connectivity index (χ2v) is 4.52.